The highest BCUT2D eigenvalue weighted by Crippen LogP contribution is 2.42. The molecule has 1 aromatic heterocycles. The summed E-state index contributed by atoms with van der Waals surface area (Å²) in [6.07, 6.45) is 2.05. The number of aromatic nitrogens is 3. The van der Waals surface area contributed by atoms with E-state index in [0.29, 0.717) is 16.5 Å². The van der Waals surface area contributed by atoms with Gasteiger partial charge in [0.15, 0.2) is 11.0 Å². The summed E-state index contributed by atoms with van der Waals surface area (Å²) < 4.78 is 16.3. The van der Waals surface area contributed by atoms with Crippen LogP contribution in [0, 0.1) is 5.82 Å². The number of carbonyl (C=O) groups is 1. The van der Waals surface area contributed by atoms with Gasteiger partial charge in [0.1, 0.15) is 5.82 Å². The van der Waals surface area contributed by atoms with E-state index in [9.17, 15) is 9.18 Å². The summed E-state index contributed by atoms with van der Waals surface area (Å²) in [6, 6.07) is 7.17. The van der Waals surface area contributed by atoms with Crippen LogP contribution in [-0.4, -0.2) is 42.9 Å². The van der Waals surface area contributed by atoms with Crippen LogP contribution < -0.4 is 0 Å². The van der Waals surface area contributed by atoms with Crippen molar-refractivity contribution in [1.29, 1.82) is 0 Å². The van der Waals surface area contributed by atoms with Crippen LogP contribution in [0.1, 0.15) is 53.5 Å². The molecule has 0 N–H and O–H groups in total. The number of benzene rings is 1. The summed E-state index contributed by atoms with van der Waals surface area (Å²) in [5.41, 5.74) is 0.453. The first-order chi connectivity index (χ1) is 12.8. The Bertz CT molecular complexity index is 808. The number of hydrogen-bond acceptors (Lipinski definition) is 4. The Balaban J connectivity index is 1.88. The first-order valence-electron chi connectivity index (χ1n) is 9.49. The van der Waals surface area contributed by atoms with E-state index < -0.39 is 0 Å². The number of thioether (sulfide) groups is 1. The molecule has 5 nitrogen and oxygen atoms in total. The van der Waals surface area contributed by atoms with E-state index in [0.717, 1.165) is 12.8 Å². The third-order valence-corrected chi connectivity index (χ3v) is 5.73. The van der Waals surface area contributed by atoms with Crippen LogP contribution in [0.15, 0.2) is 29.4 Å². The average Bonchev–Trinajstić information content (AvgIpc) is 3.35. The summed E-state index contributed by atoms with van der Waals surface area (Å²) in [6.45, 7) is 10.0. The predicted octanol–water partition coefficient (Wildman–Crippen LogP) is 4.55. The van der Waals surface area contributed by atoms with Crippen LogP contribution in [-0.2, 0) is 4.79 Å². The van der Waals surface area contributed by atoms with Crippen molar-refractivity contribution in [2.24, 2.45) is 0 Å². The lowest BCUT2D eigenvalue weighted by molar-refractivity contribution is -0.133. The Morgan fingerprint density at radius 2 is 1.78 bits per heavy atom. The molecule has 1 fully saturated rings. The van der Waals surface area contributed by atoms with E-state index in [2.05, 4.69) is 10.2 Å². The summed E-state index contributed by atoms with van der Waals surface area (Å²) in [5, 5.41) is 8.97. The number of halogens is 1. The molecule has 2 aromatic rings. The molecule has 1 amide bonds. The van der Waals surface area contributed by atoms with E-state index in [1.54, 1.807) is 18.2 Å². The smallest absolute Gasteiger partial charge is 0.236 e. The summed E-state index contributed by atoms with van der Waals surface area (Å²) in [4.78, 5) is 14.8. The van der Waals surface area contributed by atoms with E-state index >= 15 is 0 Å². The monoisotopic (exact) mass is 390 g/mol. The van der Waals surface area contributed by atoms with Crippen molar-refractivity contribution in [3.05, 3.63) is 30.1 Å². The topological polar surface area (TPSA) is 51.0 Å². The van der Waals surface area contributed by atoms with Gasteiger partial charge >= 0.3 is 0 Å². The molecular weight excluding hydrogens is 363 g/mol. The molecule has 1 atom stereocenters. The Labute approximate surface area is 164 Å². The molecule has 1 aliphatic carbocycles. The number of amides is 1. The van der Waals surface area contributed by atoms with Gasteiger partial charge in [-0.1, -0.05) is 23.9 Å². The molecule has 1 aromatic carbocycles. The lowest BCUT2D eigenvalue weighted by Gasteiger charge is -2.32. The second kappa shape index (κ2) is 8.00. The first-order valence-corrected chi connectivity index (χ1v) is 10.4. The standard InChI is InChI=1S/C20H27FN4OS/c1-12(2)24(13(3)4)19(26)14(5)27-20-23-22-18(25(20)15-10-11-15)16-8-6-7-9-17(16)21/h6-9,12-15H,10-11H2,1-5H3. The van der Waals surface area contributed by atoms with E-state index in [1.165, 1.54) is 17.8 Å². The lowest BCUT2D eigenvalue weighted by atomic mass is 10.2. The molecule has 1 saturated carbocycles. The summed E-state index contributed by atoms with van der Waals surface area (Å²) >= 11 is 1.41. The van der Waals surface area contributed by atoms with Crippen LogP contribution in [0.3, 0.4) is 0 Å². The second-order valence-corrected chi connectivity index (χ2v) is 8.89. The number of nitrogens with zero attached hydrogens (tertiary/aromatic N) is 4. The van der Waals surface area contributed by atoms with Crippen molar-refractivity contribution in [2.75, 3.05) is 0 Å². The van der Waals surface area contributed by atoms with Crippen molar-refractivity contribution >= 4 is 17.7 Å². The molecule has 1 heterocycles. The molecular formula is C20H27FN4OS. The zero-order chi connectivity index (χ0) is 19.7. The highest BCUT2D eigenvalue weighted by atomic mass is 32.2. The number of rotatable bonds is 7. The van der Waals surface area contributed by atoms with Gasteiger partial charge in [0.05, 0.1) is 10.8 Å². The zero-order valence-electron chi connectivity index (χ0n) is 16.5. The van der Waals surface area contributed by atoms with E-state index in [1.807, 2.05) is 44.1 Å². The maximum atomic E-state index is 14.3. The molecule has 0 spiro atoms. The van der Waals surface area contributed by atoms with Gasteiger partial charge in [0.2, 0.25) is 5.91 Å². The van der Waals surface area contributed by atoms with Crippen molar-refractivity contribution in [2.45, 2.75) is 76.0 Å². The van der Waals surface area contributed by atoms with Crippen LogP contribution in [0.5, 0.6) is 0 Å². The highest BCUT2D eigenvalue weighted by molar-refractivity contribution is 8.00. The average molecular weight is 391 g/mol. The molecule has 0 bridgehead atoms. The number of hydrogen-bond donors (Lipinski definition) is 0. The van der Waals surface area contributed by atoms with Crippen molar-refractivity contribution in [1.82, 2.24) is 19.7 Å². The summed E-state index contributed by atoms with van der Waals surface area (Å²) in [7, 11) is 0. The fraction of sp³-hybridized carbons (Fsp3) is 0.550. The Kier molecular flexibility index (Phi) is 5.89. The molecule has 3 rings (SSSR count). The third kappa shape index (κ3) is 4.18. The minimum atomic E-state index is -0.307. The van der Waals surface area contributed by atoms with Crippen LogP contribution in [0.4, 0.5) is 4.39 Å². The Morgan fingerprint density at radius 1 is 1.15 bits per heavy atom. The van der Waals surface area contributed by atoms with Gasteiger partial charge in [0, 0.05) is 18.1 Å². The number of carbonyl (C=O) groups excluding carboxylic acids is 1. The fourth-order valence-electron chi connectivity index (χ4n) is 3.37. The molecule has 27 heavy (non-hydrogen) atoms. The van der Waals surface area contributed by atoms with E-state index in [4.69, 9.17) is 0 Å². The quantitative estimate of drug-likeness (QED) is 0.651. The lowest BCUT2D eigenvalue weighted by Crippen LogP contribution is -2.45. The largest absolute Gasteiger partial charge is 0.337 e. The molecule has 1 aliphatic rings. The predicted molar refractivity (Wildman–Crippen MR) is 106 cm³/mol. The fourth-order valence-corrected chi connectivity index (χ4v) is 4.35. The van der Waals surface area contributed by atoms with Gasteiger partial charge in [-0.3, -0.25) is 9.36 Å². The molecule has 0 aliphatic heterocycles. The van der Waals surface area contributed by atoms with Crippen molar-refractivity contribution in [3.63, 3.8) is 0 Å². The van der Waals surface area contributed by atoms with Gasteiger partial charge in [-0.15, -0.1) is 10.2 Å². The van der Waals surface area contributed by atoms with Gasteiger partial charge < -0.3 is 4.90 Å². The van der Waals surface area contributed by atoms with Gasteiger partial charge in [-0.25, -0.2) is 4.39 Å². The van der Waals surface area contributed by atoms with E-state index in [-0.39, 0.29) is 35.1 Å². The Morgan fingerprint density at radius 3 is 2.33 bits per heavy atom. The highest BCUT2D eigenvalue weighted by Gasteiger charge is 2.33. The normalized spacial score (nSPS) is 15.4. The zero-order valence-corrected chi connectivity index (χ0v) is 17.3. The maximum Gasteiger partial charge on any atom is 0.236 e. The van der Waals surface area contributed by atoms with Crippen LogP contribution in [0.25, 0.3) is 11.4 Å². The van der Waals surface area contributed by atoms with Crippen molar-refractivity contribution in [3.8, 4) is 11.4 Å². The minimum absolute atomic E-state index is 0.0859. The second-order valence-electron chi connectivity index (χ2n) is 7.58. The van der Waals surface area contributed by atoms with Crippen LogP contribution >= 0.6 is 11.8 Å². The first kappa shape index (κ1) is 19.9. The molecule has 7 heteroatoms. The molecule has 0 radical (unpaired) electrons. The maximum absolute atomic E-state index is 14.3. The third-order valence-electron chi connectivity index (χ3n) is 4.69. The molecule has 0 saturated heterocycles. The van der Waals surface area contributed by atoms with Crippen LogP contribution in [0.2, 0.25) is 0 Å². The van der Waals surface area contributed by atoms with Crippen molar-refractivity contribution < 1.29 is 9.18 Å². The molecule has 1 unspecified atom stereocenters. The Hall–Kier alpha value is -1.89. The molecule has 146 valence electrons. The van der Waals surface area contributed by atoms with Gasteiger partial charge in [-0.2, -0.15) is 0 Å². The van der Waals surface area contributed by atoms with Gasteiger partial charge in [0.25, 0.3) is 0 Å². The van der Waals surface area contributed by atoms with Gasteiger partial charge in [-0.05, 0) is 59.6 Å². The SMILES string of the molecule is CC(Sc1nnc(-c2ccccc2F)n1C1CC1)C(=O)N(C(C)C)C(C)C. The minimum Gasteiger partial charge on any atom is -0.337 e. The summed E-state index contributed by atoms with van der Waals surface area (Å²) in [5.74, 6) is 0.323.